The Morgan fingerprint density at radius 3 is 2.24 bits per heavy atom. The van der Waals surface area contributed by atoms with Crippen molar-refractivity contribution in [3.8, 4) is 0 Å². The molecule has 3 aromatic rings. The van der Waals surface area contributed by atoms with Crippen LogP contribution in [0, 0.1) is 19.7 Å². The lowest BCUT2D eigenvalue weighted by Crippen LogP contribution is -1.98. The summed E-state index contributed by atoms with van der Waals surface area (Å²) >= 11 is 6.70. The van der Waals surface area contributed by atoms with E-state index >= 15 is 0 Å². The molecule has 0 N–H and O–H groups in total. The molecule has 0 bridgehead atoms. The average molecular weight is 299 g/mol. The normalized spacial score (nSPS) is 12.6. The van der Waals surface area contributed by atoms with Crippen molar-refractivity contribution in [2.45, 2.75) is 19.2 Å². The van der Waals surface area contributed by atoms with E-state index in [4.69, 9.17) is 11.6 Å². The molecule has 21 heavy (non-hydrogen) atoms. The minimum atomic E-state index is -0.281. The third kappa shape index (κ3) is 2.54. The van der Waals surface area contributed by atoms with Gasteiger partial charge in [0.2, 0.25) is 0 Å². The second-order valence-corrected chi connectivity index (χ2v) is 5.84. The molecule has 1 atom stereocenters. The van der Waals surface area contributed by atoms with Gasteiger partial charge in [0, 0.05) is 5.39 Å². The zero-order chi connectivity index (χ0) is 15.0. The van der Waals surface area contributed by atoms with E-state index in [1.807, 2.05) is 18.2 Å². The first-order chi connectivity index (χ1) is 10.1. The first-order valence-corrected chi connectivity index (χ1v) is 7.40. The fourth-order valence-electron chi connectivity index (χ4n) is 2.78. The van der Waals surface area contributed by atoms with Crippen LogP contribution in [-0.4, -0.2) is 0 Å². The van der Waals surface area contributed by atoms with Crippen molar-refractivity contribution in [3.05, 3.63) is 82.7 Å². The molecular formula is C19H16ClF. The van der Waals surface area contributed by atoms with Crippen LogP contribution in [0.3, 0.4) is 0 Å². The van der Waals surface area contributed by atoms with E-state index in [0.717, 1.165) is 22.1 Å². The van der Waals surface area contributed by atoms with Gasteiger partial charge in [0.15, 0.2) is 0 Å². The van der Waals surface area contributed by atoms with Crippen LogP contribution in [0.25, 0.3) is 10.8 Å². The van der Waals surface area contributed by atoms with E-state index in [9.17, 15) is 4.39 Å². The SMILES string of the molecule is Cc1ccc(C(Cl)c2ccc(F)c3ccccc23)c(C)c1. The Hall–Kier alpha value is -1.86. The van der Waals surface area contributed by atoms with Gasteiger partial charge in [-0.2, -0.15) is 0 Å². The summed E-state index contributed by atoms with van der Waals surface area (Å²) in [4.78, 5) is 0. The van der Waals surface area contributed by atoms with Gasteiger partial charge < -0.3 is 0 Å². The van der Waals surface area contributed by atoms with E-state index in [1.54, 1.807) is 12.1 Å². The fraction of sp³-hybridized carbons (Fsp3) is 0.158. The maximum absolute atomic E-state index is 13.9. The van der Waals surface area contributed by atoms with Crippen LogP contribution in [0.4, 0.5) is 4.39 Å². The van der Waals surface area contributed by atoms with E-state index in [0.29, 0.717) is 5.39 Å². The molecule has 1 unspecified atom stereocenters. The summed E-state index contributed by atoms with van der Waals surface area (Å²) in [5.74, 6) is -0.209. The van der Waals surface area contributed by atoms with Crippen LogP contribution in [-0.2, 0) is 0 Å². The predicted octanol–water partition coefficient (Wildman–Crippen LogP) is 5.92. The third-order valence-corrected chi connectivity index (χ3v) is 4.35. The fourth-order valence-corrected chi connectivity index (χ4v) is 3.22. The molecule has 0 radical (unpaired) electrons. The summed E-state index contributed by atoms with van der Waals surface area (Å²) in [6.07, 6.45) is 0. The van der Waals surface area contributed by atoms with Gasteiger partial charge in [-0.15, -0.1) is 11.6 Å². The van der Waals surface area contributed by atoms with Gasteiger partial charge in [-0.3, -0.25) is 0 Å². The highest BCUT2D eigenvalue weighted by Gasteiger charge is 2.17. The van der Waals surface area contributed by atoms with Crippen molar-refractivity contribution in [1.82, 2.24) is 0 Å². The van der Waals surface area contributed by atoms with Gasteiger partial charge in [-0.1, -0.05) is 54.1 Å². The van der Waals surface area contributed by atoms with Crippen LogP contribution in [0.1, 0.15) is 27.6 Å². The largest absolute Gasteiger partial charge is 0.206 e. The number of aryl methyl sites for hydroxylation is 2. The average Bonchev–Trinajstić information content (AvgIpc) is 2.47. The lowest BCUT2D eigenvalue weighted by molar-refractivity contribution is 0.639. The van der Waals surface area contributed by atoms with Gasteiger partial charge in [0.05, 0.1) is 5.38 Å². The number of fused-ring (bicyclic) bond motifs is 1. The molecule has 0 aliphatic carbocycles. The zero-order valence-electron chi connectivity index (χ0n) is 12.0. The van der Waals surface area contributed by atoms with Crippen molar-refractivity contribution >= 4 is 22.4 Å². The molecule has 106 valence electrons. The second kappa shape index (κ2) is 5.50. The highest BCUT2D eigenvalue weighted by molar-refractivity contribution is 6.23. The molecule has 0 saturated carbocycles. The van der Waals surface area contributed by atoms with Gasteiger partial charge in [0.1, 0.15) is 5.82 Å². The molecule has 0 saturated heterocycles. The Balaban J connectivity index is 2.18. The molecular weight excluding hydrogens is 283 g/mol. The van der Waals surface area contributed by atoms with Gasteiger partial charge in [0.25, 0.3) is 0 Å². The Labute approximate surface area is 129 Å². The van der Waals surface area contributed by atoms with Gasteiger partial charge in [-0.25, -0.2) is 4.39 Å². The molecule has 3 rings (SSSR count). The number of halogens is 2. The summed E-state index contributed by atoms with van der Waals surface area (Å²) in [5, 5.41) is 1.21. The van der Waals surface area contributed by atoms with Crippen molar-refractivity contribution in [2.75, 3.05) is 0 Å². The maximum atomic E-state index is 13.9. The summed E-state index contributed by atoms with van der Waals surface area (Å²) in [5.41, 5.74) is 4.38. The van der Waals surface area contributed by atoms with Crippen molar-refractivity contribution in [1.29, 1.82) is 0 Å². The maximum Gasteiger partial charge on any atom is 0.131 e. The third-order valence-electron chi connectivity index (χ3n) is 3.88. The van der Waals surface area contributed by atoms with Crippen molar-refractivity contribution in [2.24, 2.45) is 0 Å². The van der Waals surface area contributed by atoms with Crippen LogP contribution >= 0.6 is 11.6 Å². The minimum absolute atomic E-state index is 0.209. The topological polar surface area (TPSA) is 0 Å². The van der Waals surface area contributed by atoms with Crippen LogP contribution in [0.15, 0.2) is 54.6 Å². The molecule has 0 spiro atoms. The number of rotatable bonds is 2. The monoisotopic (exact) mass is 298 g/mol. The quantitative estimate of drug-likeness (QED) is 0.515. The highest BCUT2D eigenvalue weighted by Crippen LogP contribution is 2.36. The van der Waals surface area contributed by atoms with Crippen LogP contribution in [0.2, 0.25) is 0 Å². The lowest BCUT2D eigenvalue weighted by atomic mass is 9.94. The number of alkyl halides is 1. The van der Waals surface area contributed by atoms with Crippen molar-refractivity contribution in [3.63, 3.8) is 0 Å². The first kappa shape index (κ1) is 14.1. The minimum Gasteiger partial charge on any atom is -0.206 e. The Kier molecular flexibility index (Phi) is 3.69. The predicted molar refractivity (Wildman–Crippen MR) is 87.5 cm³/mol. The summed E-state index contributed by atoms with van der Waals surface area (Å²) in [7, 11) is 0. The standard InChI is InChI=1S/C19H16ClF/c1-12-7-8-14(13(2)11-12)19(20)17-9-10-18(21)16-6-4-3-5-15(16)17/h3-11,19H,1-2H3. The second-order valence-electron chi connectivity index (χ2n) is 5.40. The molecule has 2 heteroatoms. The molecule has 0 aromatic heterocycles. The Morgan fingerprint density at radius 1 is 0.857 bits per heavy atom. The summed E-state index contributed by atoms with van der Waals surface area (Å²) < 4.78 is 13.9. The molecule has 0 amide bonds. The Bertz CT molecular complexity index is 808. The first-order valence-electron chi connectivity index (χ1n) is 6.96. The van der Waals surface area contributed by atoms with Crippen LogP contribution in [0.5, 0.6) is 0 Å². The molecule has 0 heterocycles. The zero-order valence-corrected chi connectivity index (χ0v) is 12.8. The molecule has 3 aromatic carbocycles. The van der Waals surface area contributed by atoms with Gasteiger partial charge in [-0.05, 0) is 42.0 Å². The van der Waals surface area contributed by atoms with Crippen LogP contribution < -0.4 is 0 Å². The molecule has 0 aliphatic rings. The number of hydrogen-bond donors (Lipinski definition) is 0. The molecule has 0 aliphatic heterocycles. The lowest BCUT2D eigenvalue weighted by Gasteiger charge is -2.16. The molecule has 0 fully saturated rings. The Morgan fingerprint density at radius 2 is 1.52 bits per heavy atom. The van der Waals surface area contributed by atoms with E-state index in [1.165, 1.54) is 11.6 Å². The molecule has 0 nitrogen and oxygen atoms in total. The van der Waals surface area contributed by atoms with E-state index < -0.39 is 0 Å². The van der Waals surface area contributed by atoms with E-state index in [2.05, 4.69) is 32.0 Å². The summed E-state index contributed by atoms with van der Waals surface area (Å²) in [6, 6.07) is 17.0. The highest BCUT2D eigenvalue weighted by atomic mass is 35.5. The van der Waals surface area contributed by atoms with Gasteiger partial charge >= 0.3 is 0 Å². The smallest absolute Gasteiger partial charge is 0.131 e. The van der Waals surface area contributed by atoms with E-state index in [-0.39, 0.29) is 11.2 Å². The summed E-state index contributed by atoms with van der Waals surface area (Å²) in [6.45, 7) is 4.12. The van der Waals surface area contributed by atoms with Crippen molar-refractivity contribution < 1.29 is 4.39 Å². The number of hydrogen-bond acceptors (Lipinski definition) is 0. The number of benzene rings is 3.